The van der Waals surface area contributed by atoms with E-state index in [0.29, 0.717) is 0 Å². The van der Waals surface area contributed by atoms with Crippen molar-refractivity contribution in [3.63, 3.8) is 0 Å². The number of benzene rings is 1. The molecule has 0 saturated heterocycles. The SMILES string of the molecule is CCCCCC(NN)C1OCCc2ccccc21. The minimum Gasteiger partial charge on any atom is -0.371 e. The minimum absolute atomic E-state index is 0.108. The summed E-state index contributed by atoms with van der Waals surface area (Å²) in [5.41, 5.74) is 5.66. The lowest BCUT2D eigenvalue weighted by Crippen LogP contribution is -2.42. The summed E-state index contributed by atoms with van der Waals surface area (Å²) < 4.78 is 5.95. The van der Waals surface area contributed by atoms with E-state index in [-0.39, 0.29) is 12.1 Å². The van der Waals surface area contributed by atoms with E-state index < -0.39 is 0 Å². The fourth-order valence-electron chi connectivity index (χ4n) is 2.69. The summed E-state index contributed by atoms with van der Waals surface area (Å²) in [4.78, 5) is 0. The molecule has 1 aliphatic rings. The number of fused-ring (bicyclic) bond motifs is 1. The number of rotatable bonds is 6. The van der Waals surface area contributed by atoms with Crippen molar-refractivity contribution >= 4 is 0 Å². The van der Waals surface area contributed by atoms with Gasteiger partial charge in [0.05, 0.1) is 18.8 Å². The average molecular weight is 248 g/mol. The molecule has 0 fully saturated rings. The van der Waals surface area contributed by atoms with E-state index in [0.717, 1.165) is 19.4 Å². The first-order chi connectivity index (χ1) is 8.86. The van der Waals surface area contributed by atoms with Crippen LogP contribution in [-0.2, 0) is 11.2 Å². The zero-order chi connectivity index (χ0) is 12.8. The van der Waals surface area contributed by atoms with Gasteiger partial charge in [0.15, 0.2) is 0 Å². The Morgan fingerprint density at radius 2 is 2.22 bits per heavy atom. The van der Waals surface area contributed by atoms with E-state index in [1.165, 1.54) is 30.4 Å². The van der Waals surface area contributed by atoms with Gasteiger partial charge in [0, 0.05) is 0 Å². The predicted molar refractivity (Wildman–Crippen MR) is 74.1 cm³/mol. The fourth-order valence-corrected chi connectivity index (χ4v) is 2.69. The molecule has 1 heterocycles. The predicted octanol–water partition coefficient (Wildman–Crippen LogP) is 2.71. The van der Waals surface area contributed by atoms with E-state index in [1.807, 2.05) is 0 Å². The van der Waals surface area contributed by atoms with Crippen molar-refractivity contribution in [2.24, 2.45) is 5.84 Å². The second-order valence-corrected chi connectivity index (χ2v) is 5.01. The number of unbranched alkanes of at least 4 members (excludes halogenated alkanes) is 2. The third kappa shape index (κ3) is 3.10. The molecule has 2 atom stereocenters. The van der Waals surface area contributed by atoms with Crippen molar-refractivity contribution in [3.05, 3.63) is 35.4 Å². The van der Waals surface area contributed by atoms with Gasteiger partial charge in [0.1, 0.15) is 0 Å². The molecule has 2 unspecified atom stereocenters. The molecule has 0 aliphatic carbocycles. The second kappa shape index (κ2) is 6.88. The van der Waals surface area contributed by atoms with E-state index >= 15 is 0 Å². The number of nitrogens with one attached hydrogen (secondary N) is 1. The lowest BCUT2D eigenvalue weighted by Gasteiger charge is -2.32. The molecule has 18 heavy (non-hydrogen) atoms. The monoisotopic (exact) mass is 248 g/mol. The van der Waals surface area contributed by atoms with E-state index in [4.69, 9.17) is 10.6 Å². The van der Waals surface area contributed by atoms with Crippen molar-refractivity contribution in [2.75, 3.05) is 6.61 Å². The number of hydrogen-bond acceptors (Lipinski definition) is 3. The lowest BCUT2D eigenvalue weighted by atomic mass is 9.91. The van der Waals surface area contributed by atoms with Crippen LogP contribution in [0.2, 0.25) is 0 Å². The van der Waals surface area contributed by atoms with Crippen LogP contribution < -0.4 is 11.3 Å². The van der Waals surface area contributed by atoms with Crippen molar-refractivity contribution in [3.8, 4) is 0 Å². The summed E-state index contributed by atoms with van der Waals surface area (Å²) in [5.74, 6) is 5.71. The van der Waals surface area contributed by atoms with Gasteiger partial charge >= 0.3 is 0 Å². The van der Waals surface area contributed by atoms with Gasteiger partial charge in [-0.25, -0.2) is 0 Å². The van der Waals surface area contributed by atoms with Gasteiger partial charge in [0.2, 0.25) is 0 Å². The van der Waals surface area contributed by atoms with Gasteiger partial charge in [-0.1, -0.05) is 50.5 Å². The van der Waals surface area contributed by atoms with Gasteiger partial charge in [-0.15, -0.1) is 0 Å². The van der Waals surface area contributed by atoms with Gasteiger partial charge < -0.3 is 4.74 Å². The summed E-state index contributed by atoms with van der Waals surface area (Å²) in [6, 6.07) is 8.77. The molecule has 2 rings (SSSR count). The first kappa shape index (κ1) is 13.5. The first-order valence-corrected chi connectivity index (χ1v) is 7.02. The van der Waals surface area contributed by atoms with Gasteiger partial charge in [0.25, 0.3) is 0 Å². The number of nitrogens with two attached hydrogens (primary N) is 1. The molecule has 0 spiro atoms. The maximum Gasteiger partial charge on any atom is 0.0994 e. The molecule has 1 aliphatic heterocycles. The van der Waals surface area contributed by atoms with Crippen LogP contribution >= 0.6 is 0 Å². The largest absolute Gasteiger partial charge is 0.371 e. The van der Waals surface area contributed by atoms with Crippen LogP contribution in [0.4, 0.5) is 0 Å². The zero-order valence-electron chi connectivity index (χ0n) is 11.2. The topological polar surface area (TPSA) is 47.3 Å². The third-order valence-corrected chi connectivity index (χ3v) is 3.73. The Labute approximate surface area is 110 Å². The van der Waals surface area contributed by atoms with Crippen molar-refractivity contribution < 1.29 is 4.74 Å². The van der Waals surface area contributed by atoms with E-state index in [2.05, 4.69) is 36.6 Å². The Balaban J connectivity index is 2.07. The second-order valence-electron chi connectivity index (χ2n) is 5.01. The highest BCUT2D eigenvalue weighted by Gasteiger charge is 2.27. The van der Waals surface area contributed by atoms with Crippen LogP contribution in [0.3, 0.4) is 0 Å². The molecule has 0 saturated carbocycles. The Kier molecular flexibility index (Phi) is 5.17. The molecular formula is C15H24N2O. The highest BCUT2D eigenvalue weighted by Crippen LogP contribution is 2.31. The van der Waals surface area contributed by atoms with E-state index in [1.54, 1.807) is 0 Å². The maximum absolute atomic E-state index is 5.95. The molecule has 1 aromatic rings. The summed E-state index contributed by atoms with van der Waals surface area (Å²) in [5, 5.41) is 0. The Hall–Kier alpha value is -0.900. The molecule has 3 N–H and O–H groups in total. The third-order valence-electron chi connectivity index (χ3n) is 3.73. The zero-order valence-corrected chi connectivity index (χ0v) is 11.2. The van der Waals surface area contributed by atoms with Crippen molar-refractivity contribution in [2.45, 2.75) is 51.2 Å². The lowest BCUT2D eigenvalue weighted by molar-refractivity contribution is 0.0127. The number of hydrogen-bond donors (Lipinski definition) is 2. The van der Waals surface area contributed by atoms with E-state index in [9.17, 15) is 0 Å². The van der Waals surface area contributed by atoms with Crippen molar-refractivity contribution in [1.29, 1.82) is 0 Å². The highest BCUT2D eigenvalue weighted by atomic mass is 16.5. The van der Waals surface area contributed by atoms with Gasteiger partial charge in [-0.05, 0) is 24.0 Å². The summed E-state index contributed by atoms with van der Waals surface area (Å²) in [6.45, 7) is 3.02. The van der Waals surface area contributed by atoms with Crippen LogP contribution in [0, 0.1) is 0 Å². The Morgan fingerprint density at radius 3 is 3.00 bits per heavy atom. The van der Waals surface area contributed by atoms with Crippen LogP contribution in [-0.4, -0.2) is 12.6 Å². The molecule has 0 radical (unpaired) electrons. The quantitative estimate of drug-likeness (QED) is 0.462. The molecule has 0 bridgehead atoms. The molecule has 3 heteroatoms. The summed E-state index contributed by atoms with van der Waals surface area (Å²) in [7, 11) is 0. The van der Waals surface area contributed by atoms with Gasteiger partial charge in [-0.3, -0.25) is 11.3 Å². The highest BCUT2D eigenvalue weighted by molar-refractivity contribution is 5.31. The van der Waals surface area contributed by atoms with Crippen LogP contribution in [0.25, 0.3) is 0 Å². The van der Waals surface area contributed by atoms with Crippen molar-refractivity contribution in [1.82, 2.24) is 5.43 Å². The Morgan fingerprint density at radius 1 is 1.39 bits per heavy atom. The molecular weight excluding hydrogens is 224 g/mol. The number of hydrazine groups is 1. The summed E-state index contributed by atoms with van der Waals surface area (Å²) in [6.07, 6.45) is 5.89. The van der Waals surface area contributed by atoms with Crippen LogP contribution in [0.1, 0.15) is 49.8 Å². The normalized spacial score (nSPS) is 20.4. The smallest absolute Gasteiger partial charge is 0.0994 e. The number of ether oxygens (including phenoxy) is 1. The molecule has 1 aromatic carbocycles. The Bertz CT molecular complexity index is 367. The molecule has 3 nitrogen and oxygen atoms in total. The van der Waals surface area contributed by atoms with Crippen LogP contribution in [0.15, 0.2) is 24.3 Å². The molecule has 100 valence electrons. The maximum atomic E-state index is 5.95. The average Bonchev–Trinajstić information content (AvgIpc) is 2.43. The molecule has 0 aromatic heterocycles. The standard InChI is InChI=1S/C15H24N2O/c1-2-3-4-9-14(17-16)15-13-8-6-5-7-12(13)10-11-18-15/h5-8,14-15,17H,2-4,9-11,16H2,1H3. The van der Waals surface area contributed by atoms with Gasteiger partial charge in [-0.2, -0.15) is 0 Å². The summed E-state index contributed by atoms with van der Waals surface area (Å²) >= 11 is 0. The fraction of sp³-hybridized carbons (Fsp3) is 0.600. The first-order valence-electron chi connectivity index (χ1n) is 7.02. The van der Waals surface area contributed by atoms with Crippen LogP contribution in [0.5, 0.6) is 0 Å². The minimum atomic E-state index is 0.108. The molecule has 0 amide bonds.